The Kier molecular flexibility index (Phi) is 5.59. The lowest BCUT2D eigenvalue weighted by molar-refractivity contribution is -0.686. The van der Waals surface area contributed by atoms with Crippen molar-refractivity contribution in [3.63, 3.8) is 0 Å². The number of carbonyl (C=O) groups is 1. The summed E-state index contributed by atoms with van der Waals surface area (Å²) in [4.78, 5) is 24.5. The first-order valence-corrected chi connectivity index (χ1v) is 9.12. The van der Waals surface area contributed by atoms with E-state index in [4.69, 9.17) is 0 Å². The van der Waals surface area contributed by atoms with Gasteiger partial charge in [-0.25, -0.2) is 9.36 Å². The first-order valence-electron chi connectivity index (χ1n) is 9.12. The van der Waals surface area contributed by atoms with Gasteiger partial charge < -0.3 is 10.4 Å². The van der Waals surface area contributed by atoms with Crippen molar-refractivity contribution in [3.8, 4) is 16.9 Å². The number of hydrogen-bond acceptors (Lipinski definition) is 3. The number of aromatic hydroxyl groups is 1. The number of amides is 1. The summed E-state index contributed by atoms with van der Waals surface area (Å²) in [7, 11) is 4.76. The molecule has 6 nitrogen and oxygen atoms in total. The molecule has 0 fully saturated rings. The van der Waals surface area contributed by atoms with Crippen molar-refractivity contribution in [1.29, 1.82) is 0 Å². The summed E-state index contributed by atoms with van der Waals surface area (Å²) >= 11 is 0. The molecule has 1 amide bonds. The van der Waals surface area contributed by atoms with Crippen LogP contribution in [0.3, 0.4) is 0 Å². The van der Waals surface area contributed by atoms with E-state index in [1.54, 1.807) is 18.7 Å². The Morgan fingerprint density at radius 3 is 2.39 bits per heavy atom. The van der Waals surface area contributed by atoms with Crippen molar-refractivity contribution in [2.75, 3.05) is 7.05 Å². The zero-order valence-electron chi connectivity index (χ0n) is 16.3. The van der Waals surface area contributed by atoms with Crippen molar-refractivity contribution in [2.45, 2.75) is 12.8 Å². The largest absolute Gasteiger partial charge is 0.498 e. The van der Waals surface area contributed by atoms with Gasteiger partial charge in [0.05, 0.1) is 20.5 Å². The van der Waals surface area contributed by atoms with Gasteiger partial charge in [0.15, 0.2) is 0 Å². The van der Waals surface area contributed by atoms with Crippen LogP contribution in [0.2, 0.25) is 0 Å². The molecule has 0 aliphatic heterocycles. The number of benzene rings is 2. The zero-order valence-corrected chi connectivity index (χ0v) is 16.3. The lowest BCUT2D eigenvalue weighted by Gasteiger charge is -2.12. The summed E-state index contributed by atoms with van der Waals surface area (Å²) in [5.41, 5.74) is 2.81. The Balaban J connectivity index is 2.00. The third-order valence-electron chi connectivity index (χ3n) is 5.00. The summed E-state index contributed by atoms with van der Waals surface area (Å²) < 4.78 is 2.98. The molecule has 144 valence electrons. The fourth-order valence-corrected chi connectivity index (χ4v) is 3.49. The van der Waals surface area contributed by atoms with Crippen LogP contribution in [0.25, 0.3) is 11.1 Å². The number of nitrogens with one attached hydrogen (secondary N) is 1. The van der Waals surface area contributed by atoms with Crippen LogP contribution in [0.5, 0.6) is 5.75 Å². The molecule has 0 aliphatic rings. The zero-order chi connectivity index (χ0) is 20.3. The highest BCUT2D eigenvalue weighted by Crippen LogP contribution is 2.24. The van der Waals surface area contributed by atoms with E-state index in [0.29, 0.717) is 18.7 Å². The van der Waals surface area contributed by atoms with Gasteiger partial charge in [-0.15, -0.1) is 0 Å². The van der Waals surface area contributed by atoms with E-state index in [1.807, 2.05) is 30.3 Å². The molecule has 1 heterocycles. The highest BCUT2D eigenvalue weighted by molar-refractivity contribution is 5.92. The van der Waals surface area contributed by atoms with E-state index in [0.717, 1.165) is 16.7 Å². The number of aryl methyl sites for hydroxylation is 1. The van der Waals surface area contributed by atoms with Gasteiger partial charge in [-0.3, -0.25) is 4.79 Å². The van der Waals surface area contributed by atoms with Crippen molar-refractivity contribution in [1.82, 2.24) is 9.88 Å². The van der Waals surface area contributed by atoms with Gasteiger partial charge in [0, 0.05) is 7.05 Å². The molecule has 0 atom stereocenters. The Labute approximate surface area is 163 Å². The van der Waals surface area contributed by atoms with Gasteiger partial charge >= 0.3 is 5.56 Å². The topological polar surface area (TPSA) is 75.2 Å². The number of carbonyl (C=O) groups excluding carboxylic acids is 1. The Bertz CT molecular complexity index is 1070. The molecule has 0 unspecified atom stereocenters. The van der Waals surface area contributed by atoms with Gasteiger partial charge in [0.25, 0.3) is 17.5 Å². The molecule has 2 N–H and O–H groups in total. The smallest absolute Gasteiger partial charge is 0.380 e. The third-order valence-corrected chi connectivity index (χ3v) is 5.00. The molecule has 28 heavy (non-hydrogen) atoms. The second-order valence-electron chi connectivity index (χ2n) is 6.64. The summed E-state index contributed by atoms with van der Waals surface area (Å²) in [6.45, 7) is 0. The number of hydrogen-bond donors (Lipinski definition) is 2. The van der Waals surface area contributed by atoms with E-state index >= 15 is 0 Å². The van der Waals surface area contributed by atoms with Crippen LogP contribution in [0, 0.1) is 0 Å². The van der Waals surface area contributed by atoms with Gasteiger partial charge in [0.1, 0.15) is 0 Å². The van der Waals surface area contributed by atoms with Crippen LogP contribution in [-0.2, 0) is 26.9 Å². The van der Waals surface area contributed by atoms with Crippen LogP contribution < -0.4 is 15.4 Å². The highest BCUT2D eigenvalue weighted by Gasteiger charge is 2.28. The Hall–Kier alpha value is -3.41. The average molecular weight is 378 g/mol. The van der Waals surface area contributed by atoms with Gasteiger partial charge in [0.2, 0.25) is 5.69 Å². The second-order valence-corrected chi connectivity index (χ2v) is 6.64. The molecule has 0 spiro atoms. The minimum Gasteiger partial charge on any atom is -0.498 e. The lowest BCUT2D eigenvalue weighted by Crippen LogP contribution is -2.49. The van der Waals surface area contributed by atoms with Crippen LogP contribution in [0.15, 0.2) is 59.4 Å². The van der Waals surface area contributed by atoms with Gasteiger partial charge in [-0.2, -0.15) is 4.57 Å². The van der Waals surface area contributed by atoms with Gasteiger partial charge in [-0.1, -0.05) is 54.6 Å². The van der Waals surface area contributed by atoms with Gasteiger partial charge in [-0.05, 0) is 23.1 Å². The minimum absolute atomic E-state index is 0.0306. The van der Waals surface area contributed by atoms with Crippen molar-refractivity contribution < 1.29 is 14.5 Å². The first-order chi connectivity index (χ1) is 13.5. The quantitative estimate of drug-likeness (QED) is 0.664. The second kappa shape index (κ2) is 8.08. The molecule has 1 aromatic heterocycles. The Morgan fingerprint density at radius 2 is 1.71 bits per heavy atom. The normalized spacial score (nSPS) is 10.7. The molecule has 3 rings (SSSR count). The summed E-state index contributed by atoms with van der Waals surface area (Å²) in [6.07, 6.45) is 1.22. The van der Waals surface area contributed by atoms with E-state index in [2.05, 4.69) is 29.6 Å². The maximum atomic E-state index is 12.4. The number of nitrogens with zero attached hydrogens (tertiary/aromatic N) is 2. The maximum absolute atomic E-state index is 12.4. The standard InChI is InChI=1S/C22H23N3O3/c1-23-21(27)19-20(26)22(28)25(3)18(24(19)2)14-13-16-11-7-8-12-17(16)15-9-5-4-6-10-15/h4-12H,13-14H2,1-3H3,(H-,23,26,27)/p+1. The molecule has 0 bridgehead atoms. The van der Waals surface area contributed by atoms with Crippen LogP contribution in [-0.4, -0.2) is 22.6 Å². The van der Waals surface area contributed by atoms with Crippen molar-refractivity contribution in [3.05, 3.63) is 82.0 Å². The molecule has 6 heteroatoms. The number of aromatic nitrogens is 2. The van der Waals surface area contributed by atoms with E-state index < -0.39 is 17.2 Å². The first kappa shape index (κ1) is 19.4. The Morgan fingerprint density at radius 1 is 1.07 bits per heavy atom. The monoisotopic (exact) mass is 378 g/mol. The molecule has 0 saturated heterocycles. The predicted octanol–water partition coefficient (Wildman–Crippen LogP) is 1.73. The SMILES string of the molecule is CNC(=O)c1c(O)c(=O)n(C)c(CCc2ccccc2-c2ccccc2)[n+]1C. The summed E-state index contributed by atoms with van der Waals surface area (Å²) in [6, 6.07) is 18.3. The van der Waals surface area contributed by atoms with Crippen LogP contribution in [0.1, 0.15) is 21.9 Å². The summed E-state index contributed by atoms with van der Waals surface area (Å²) in [5.74, 6) is -0.384. The molecule has 3 aromatic rings. The van der Waals surface area contributed by atoms with Crippen molar-refractivity contribution in [2.24, 2.45) is 14.1 Å². The molecule has 0 radical (unpaired) electrons. The summed E-state index contributed by atoms with van der Waals surface area (Å²) in [5, 5.41) is 12.6. The molecular weight excluding hydrogens is 354 g/mol. The van der Waals surface area contributed by atoms with Crippen molar-refractivity contribution >= 4 is 5.91 Å². The fourth-order valence-electron chi connectivity index (χ4n) is 3.49. The van der Waals surface area contributed by atoms with E-state index in [-0.39, 0.29) is 5.69 Å². The molecule has 2 aromatic carbocycles. The molecule has 0 saturated carbocycles. The highest BCUT2D eigenvalue weighted by atomic mass is 16.3. The van der Waals surface area contributed by atoms with E-state index in [9.17, 15) is 14.7 Å². The lowest BCUT2D eigenvalue weighted by atomic mass is 9.96. The van der Waals surface area contributed by atoms with E-state index in [1.165, 1.54) is 11.6 Å². The average Bonchev–Trinajstić information content (AvgIpc) is 2.73. The number of rotatable bonds is 5. The van der Waals surface area contributed by atoms with Crippen LogP contribution in [0.4, 0.5) is 0 Å². The maximum Gasteiger partial charge on any atom is 0.380 e. The predicted molar refractivity (Wildman–Crippen MR) is 107 cm³/mol. The minimum atomic E-state index is -0.581. The third kappa shape index (κ3) is 3.53. The van der Waals surface area contributed by atoms with Crippen LogP contribution >= 0.6 is 0 Å². The molecule has 0 aliphatic carbocycles. The fraction of sp³-hybridized carbons (Fsp3) is 0.227. The molecular formula is C22H24N3O3+.